The maximum atomic E-state index is 12.8. The van der Waals surface area contributed by atoms with E-state index in [1.165, 1.54) is 7.11 Å². The highest BCUT2D eigenvalue weighted by Crippen LogP contribution is 2.31. The van der Waals surface area contributed by atoms with Crippen molar-refractivity contribution >= 4 is 57.6 Å². The van der Waals surface area contributed by atoms with Gasteiger partial charge in [-0.2, -0.15) is 0 Å². The molecule has 3 rings (SSSR count). The van der Waals surface area contributed by atoms with E-state index in [0.29, 0.717) is 26.5 Å². The molecule has 140 valence electrons. The van der Waals surface area contributed by atoms with E-state index in [-0.39, 0.29) is 17.1 Å². The zero-order valence-corrected chi connectivity index (χ0v) is 16.5. The number of aromatic amines is 1. The molecular formula is C19H15Cl3N2O3. The van der Waals surface area contributed by atoms with Gasteiger partial charge in [-0.05, 0) is 29.8 Å². The van der Waals surface area contributed by atoms with Crippen LogP contribution in [0, 0.1) is 0 Å². The van der Waals surface area contributed by atoms with Gasteiger partial charge in [-0.3, -0.25) is 9.59 Å². The molecule has 1 heterocycles. The average Bonchev–Trinajstić information content (AvgIpc) is 2.98. The molecule has 0 saturated carbocycles. The van der Waals surface area contributed by atoms with Crippen LogP contribution >= 0.6 is 34.8 Å². The lowest BCUT2D eigenvalue weighted by Gasteiger charge is -2.19. The predicted molar refractivity (Wildman–Crippen MR) is 107 cm³/mol. The summed E-state index contributed by atoms with van der Waals surface area (Å²) in [5.41, 5.74) is 1.46. The fourth-order valence-electron chi connectivity index (χ4n) is 2.76. The van der Waals surface area contributed by atoms with Crippen LogP contribution in [0.25, 0.3) is 10.9 Å². The molecule has 5 nitrogen and oxygen atoms in total. The number of carbonyl (C=O) groups excluding carboxylic acids is 2. The fraction of sp³-hybridized carbons (Fsp3) is 0.158. The van der Waals surface area contributed by atoms with Crippen molar-refractivity contribution in [3.8, 4) is 0 Å². The second kappa shape index (κ2) is 8.21. The van der Waals surface area contributed by atoms with E-state index in [4.69, 9.17) is 39.5 Å². The van der Waals surface area contributed by atoms with Crippen LogP contribution < -0.4 is 5.32 Å². The van der Waals surface area contributed by atoms with Crippen molar-refractivity contribution in [1.82, 2.24) is 10.3 Å². The summed E-state index contributed by atoms with van der Waals surface area (Å²) in [6, 6.07) is 11.4. The van der Waals surface area contributed by atoms with Gasteiger partial charge in [0.2, 0.25) is 0 Å². The summed E-state index contributed by atoms with van der Waals surface area (Å²) in [6.45, 7) is 0. The molecule has 2 N–H and O–H groups in total. The molecule has 0 bridgehead atoms. The highest BCUT2D eigenvalue weighted by Gasteiger charge is 2.24. The number of esters is 1. The minimum absolute atomic E-state index is 0.0738. The van der Waals surface area contributed by atoms with Crippen LogP contribution in [-0.2, 0) is 9.53 Å². The molecule has 27 heavy (non-hydrogen) atoms. The second-order valence-electron chi connectivity index (χ2n) is 5.83. The van der Waals surface area contributed by atoms with Gasteiger partial charge in [-0.15, -0.1) is 0 Å². The van der Waals surface area contributed by atoms with E-state index in [9.17, 15) is 9.59 Å². The Morgan fingerprint density at radius 2 is 1.89 bits per heavy atom. The SMILES string of the molecule is COC(=O)CC(NC(=O)c1[nH]c2ccc(Cl)cc2c1Cl)c1ccccc1Cl. The van der Waals surface area contributed by atoms with E-state index in [2.05, 4.69) is 10.3 Å². The molecule has 0 saturated heterocycles. The number of H-pyrrole nitrogens is 1. The molecule has 1 amide bonds. The second-order valence-corrected chi connectivity index (χ2v) is 7.05. The summed E-state index contributed by atoms with van der Waals surface area (Å²) in [5.74, 6) is -0.948. The topological polar surface area (TPSA) is 71.2 Å². The standard InChI is InChI=1S/C19H15Cl3N2O3/c1-27-16(25)9-15(11-4-2-3-5-13(11)21)24-19(26)18-17(22)12-8-10(20)6-7-14(12)23-18/h2-8,15,23H,9H2,1H3,(H,24,26). The summed E-state index contributed by atoms with van der Waals surface area (Å²) in [4.78, 5) is 27.6. The maximum Gasteiger partial charge on any atom is 0.307 e. The number of fused-ring (bicyclic) bond motifs is 1. The number of methoxy groups -OCH3 is 1. The summed E-state index contributed by atoms with van der Waals surface area (Å²) in [6.07, 6.45) is -0.0738. The van der Waals surface area contributed by atoms with Crippen molar-refractivity contribution in [3.05, 3.63) is 68.8 Å². The van der Waals surface area contributed by atoms with Crippen molar-refractivity contribution < 1.29 is 14.3 Å². The monoisotopic (exact) mass is 424 g/mol. The number of aromatic nitrogens is 1. The third-order valence-corrected chi connectivity index (χ3v) is 5.08. The zero-order chi connectivity index (χ0) is 19.6. The molecule has 0 radical (unpaired) electrons. The molecule has 8 heteroatoms. The smallest absolute Gasteiger partial charge is 0.307 e. The van der Waals surface area contributed by atoms with Crippen LogP contribution in [0.4, 0.5) is 0 Å². The number of hydrogen-bond acceptors (Lipinski definition) is 3. The minimum atomic E-state index is -0.676. The molecule has 1 atom stereocenters. The highest BCUT2D eigenvalue weighted by molar-refractivity contribution is 6.39. The maximum absolute atomic E-state index is 12.8. The molecule has 0 spiro atoms. The van der Waals surface area contributed by atoms with Gasteiger partial charge in [0.05, 0.1) is 24.6 Å². The van der Waals surface area contributed by atoms with Gasteiger partial charge in [0, 0.05) is 20.9 Å². The predicted octanol–water partition coefficient (Wildman–Crippen LogP) is 5.16. The van der Waals surface area contributed by atoms with E-state index < -0.39 is 17.9 Å². The molecule has 3 aromatic rings. The van der Waals surface area contributed by atoms with Crippen molar-refractivity contribution in [1.29, 1.82) is 0 Å². The van der Waals surface area contributed by atoms with Crippen LogP contribution in [0.3, 0.4) is 0 Å². The zero-order valence-electron chi connectivity index (χ0n) is 14.2. The Labute approximate surface area is 170 Å². The number of hydrogen-bond donors (Lipinski definition) is 2. The first-order valence-electron chi connectivity index (χ1n) is 7.99. The molecule has 0 fully saturated rings. The number of amides is 1. The molecular weight excluding hydrogens is 411 g/mol. The highest BCUT2D eigenvalue weighted by atomic mass is 35.5. The van der Waals surface area contributed by atoms with Gasteiger partial charge in [-0.25, -0.2) is 0 Å². The first-order chi connectivity index (χ1) is 12.9. The molecule has 0 aliphatic heterocycles. The molecule has 1 aromatic heterocycles. The first kappa shape index (κ1) is 19.5. The number of halogens is 3. The van der Waals surface area contributed by atoms with E-state index >= 15 is 0 Å². The number of benzene rings is 2. The van der Waals surface area contributed by atoms with Gasteiger partial charge in [0.1, 0.15) is 5.69 Å². The van der Waals surface area contributed by atoms with Crippen LogP contribution in [0.5, 0.6) is 0 Å². The van der Waals surface area contributed by atoms with Gasteiger partial charge >= 0.3 is 5.97 Å². The van der Waals surface area contributed by atoms with Gasteiger partial charge in [0.15, 0.2) is 0 Å². The van der Waals surface area contributed by atoms with Gasteiger partial charge in [-0.1, -0.05) is 53.0 Å². The lowest BCUT2D eigenvalue weighted by Crippen LogP contribution is -2.31. The van der Waals surface area contributed by atoms with E-state index in [1.807, 2.05) is 0 Å². The Bertz CT molecular complexity index is 1020. The van der Waals surface area contributed by atoms with E-state index in [1.54, 1.807) is 42.5 Å². The molecule has 1 unspecified atom stereocenters. The molecule has 0 aliphatic carbocycles. The van der Waals surface area contributed by atoms with Crippen molar-refractivity contribution in [2.24, 2.45) is 0 Å². The Hall–Kier alpha value is -2.21. The Balaban J connectivity index is 1.94. The number of carbonyl (C=O) groups is 2. The molecule has 0 aliphatic rings. The van der Waals surface area contributed by atoms with Crippen LogP contribution in [0.15, 0.2) is 42.5 Å². The number of rotatable bonds is 5. The summed E-state index contributed by atoms with van der Waals surface area (Å²) < 4.78 is 4.73. The molecule has 2 aromatic carbocycles. The third kappa shape index (κ3) is 4.21. The largest absolute Gasteiger partial charge is 0.469 e. The van der Waals surface area contributed by atoms with Crippen molar-refractivity contribution in [3.63, 3.8) is 0 Å². The van der Waals surface area contributed by atoms with Gasteiger partial charge < -0.3 is 15.0 Å². The Morgan fingerprint density at radius 1 is 1.15 bits per heavy atom. The Kier molecular flexibility index (Phi) is 5.95. The average molecular weight is 426 g/mol. The lowest BCUT2D eigenvalue weighted by molar-refractivity contribution is -0.141. The first-order valence-corrected chi connectivity index (χ1v) is 9.13. The lowest BCUT2D eigenvalue weighted by atomic mass is 10.0. The summed E-state index contributed by atoms with van der Waals surface area (Å²) >= 11 is 18.6. The summed E-state index contributed by atoms with van der Waals surface area (Å²) in [5, 5.41) is 4.63. The fourth-order valence-corrected chi connectivity index (χ4v) is 3.49. The normalized spacial score (nSPS) is 12.0. The van der Waals surface area contributed by atoms with Crippen molar-refractivity contribution in [2.75, 3.05) is 7.11 Å². The number of ether oxygens (including phenoxy) is 1. The Morgan fingerprint density at radius 3 is 2.59 bits per heavy atom. The number of nitrogens with one attached hydrogen (secondary N) is 2. The summed E-state index contributed by atoms with van der Waals surface area (Å²) in [7, 11) is 1.28. The van der Waals surface area contributed by atoms with Crippen LogP contribution in [0.1, 0.15) is 28.5 Å². The van der Waals surface area contributed by atoms with E-state index in [0.717, 1.165) is 0 Å². The third-order valence-electron chi connectivity index (χ3n) is 4.11. The minimum Gasteiger partial charge on any atom is -0.469 e. The van der Waals surface area contributed by atoms with Crippen molar-refractivity contribution in [2.45, 2.75) is 12.5 Å². The van der Waals surface area contributed by atoms with Crippen LogP contribution in [-0.4, -0.2) is 24.0 Å². The quantitative estimate of drug-likeness (QED) is 0.554. The van der Waals surface area contributed by atoms with Gasteiger partial charge in [0.25, 0.3) is 5.91 Å². The van der Waals surface area contributed by atoms with Crippen LogP contribution in [0.2, 0.25) is 15.1 Å².